The monoisotopic (exact) mass is 358 g/mol. The molecule has 0 atom stereocenters. The first-order valence-electron chi connectivity index (χ1n) is 7.92. The van der Waals surface area contributed by atoms with Gasteiger partial charge in [-0.3, -0.25) is 4.79 Å². The molecule has 0 radical (unpaired) electrons. The molecule has 0 aromatic heterocycles. The van der Waals surface area contributed by atoms with Crippen molar-refractivity contribution in [2.75, 3.05) is 26.2 Å². The van der Waals surface area contributed by atoms with E-state index < -0.39 is 10.0 Å². The Hall–Kier alpha value is -1.11. The summed E-state index contributed by atoms with van der Waals surface area (Å²) in [5, 5.41) is 0.589. The second-order valence-corrected chi connectivity index (χ2v) is 8.17. The first-order valence-corrected chi connectivity index (χ1v) is 9.91. The van der Waals surface area contributed by atoms with E-state index in [2.05, 4.69) is 0 Å². The van der Waals surface area contributed by atoms with E-state index in [1.54, 1.807) is 29.2 Å². The van der Waals surface area contributed by atoms with Crippen molar-refractivity contribution in [1.82, 2.24) is 9.21 Å². The molecule has 0 spiro atoms. The first kappa shape index (κ1) is 18.2. The topological polar surface area (TPSA) is 57.7 Å². The molecule has 128 valence electrons. The van der Waals surface area contributed by atoms with E-state index in [1.807, 2.05) is 6.92 Å². The standard InChI is InChI=1S/C16H23ClN2O3S/c1-2-4-16(20)18-9-3-10-19(12-11-18)23(21,22)13-14-5-7-15(17)8-6-14/h5-8H,2-4,9-13H2,1H3. The summed E-state index contributed by atoms with van der Waals surface area (Å²) in [5.41, 5.74) is 0.720. The van der Waals surface area contributed by atoms with Gasteiger partial charge in [0.1, 0.15) is 0 Å². The number of amides is 1. The fourth-order valence-corrected chi connectivity index (χ4v) is 4.37. The smallest absolute Gasteiger partial charge is 0.222 e. The minimum absolute atomic E-state index is 0.0346. The molecule has 23 heavy (non-hydrogen) atoms. The van der Waals surface area contributed by atoms with Gasteiger partial charge in [-0.1, -0.05) is 30.7 Å². The molecule has 0 saturated carbocycles. The van der Waals surface area contributed by atoms with Crippen molar-refractivity contribution in [3.63, 3.8) is 0 Å². The summed E-state index contributed by atoms with van der Waals surface area (Å²) in [6, 6.07) is 6.85. The van der Waals surface area contributed by atoms with E-state index in [4.69, 9.17) is 11.6 Å². The number of carbonyl (C=O) groups is 1. The molecule has 1 aliphatic rings. The van der Waals surface area contributed by atoms with Crippen molar-refractivity contribution in [2.24, 2.45) is 0 Å². The molecule has 1 aliphatic heterocycles. The molecule has 1 aromatic rings. The Morgan fingerprint density at radius 1 is 1.13 bits per heavy atom. The SMILES string of the molecule is CCCC(=O)N1CCCN(S(=O)(=O)Cc2ccc(Cl)cc2)CC1. The van der Waals surface area contributed by atoms with Crippen LogP contribution in [-0.4, -0.2) is 49.7 Å². The summed E-state index contributed by atoms with van der Waals surface area (Å²) in [6.45, 7) is 3.90. The fourth-order valence-electron chi connectivity index (χ4n) is 2.68. The van der Waals surface area contributed by atoms with Crippen molar-refractivity contribution < 1.29 is 13.2 Å². The summed E-state index contributed by atoms with van der Waals surface area (Å²) in [4.78, 5) is 13.8. The number of rotatable bonds is 5. The van der Waals surface area contributed by atoms with E-state index in [0.717, 1.165) is 12.0 Å². The van der Waals surface area contributed by atoms with Crippen LogP contribution in [0.4, 0.5) is 0 Å². The van der Waals surface area contributed by atoms with Crippen LogP contribution in [0.2, 0.25) is 5.02 Å². The van der Waals surface area contributed by atoms with Gasteiger partial charge in [0.15, 0.2) is 0 Å². The Morgan fingerprint density at radius 3 is 2.48 bits per heavy atom. The molecule has 1 aromatic carbocycles. The van der Waals surface area contributed by atoms with Gasteiger partial charge in [-0.2, -0.15) is 4.31 Å². The minimum Gasteiger partial charge on any atom is -0.341 e. The van der Waals surface area contributed by atoms with E-state index >= 15 is 0 Å². The van der Waals surface area contributed by atoms with Crippen LogP contribution in [0.15, 0.2) is 24.3 Å². The zero-order valence-corrected chi connectivity index (χ0v) is 14.9. The van der Waals surface area contributed by atoms with E-state index in [1.165, 1.54) is 4.31 Å². The van der Waals surface area contributed by atoms with Crippen LogP contribution in [-0.2, 0) is 20.6 Å². The summed E-state index contributed by atoms with van der Waals surface area (Å²) in [5.74, 6) is 0.0806. The van der Waals surface area contributed by atoms with Crippen molar-refractivity contribution in [3.05, 3.63) is 34.9 Å². The Balaban J connectivity index is 2.00. The normalized spacial score (nSPS) is 17.0. The quantitative estimate of drug-likeness (QED) is 0.812. The van der Waals surface area contributed by atoms with E-state index in [0.29, 0.717) is 44.0 Å². The predicted octanol–water partition coefficient (Wildman–Crippen LogP) is 2.50. The van der Waals surface area contributed by atoms with Gasteiger partial charge in [0, 0.05) is 37.6 Å². The molecule has 1 heterocycles. The fraction of sp³-hybridized carbons (Fsp3) is 0.562. The number of nitrogens with zero attached hydrogens (tertiary/aromatic N) is 2. The Kier molecular flexibility index (Phi) is 6.44. The molecule has 1 fully saturated rings. The Morgan fingerprint density at radius 2 is 1.83 bits per heavy atom. The third-order valence-corrected chi connectivity index (χ3v) is 6.03. The van der Waals surface area contributed by atoms with Crippen molar-refractivity contribution >= 4 is 27.5 Å². The summed E-state index contributed by atoms with van der Waals surface area (Å²) < 4.78 is 26.7. The minimum atomic E-state index is -3.38. The van der Waals surface area contributed by atoms with Crippen LogP contribution in [0.1, 0.15) is 31.7 Å². The van der Waals surface area contributed by atoms with Gasteiger partial charge in [-0.25, -0.2) is 8.42 Å². The van der Waals surface area contributed by atoms with E-state index in [9.17, 15) is 13.2 Å². The van der Waals surface area contributed by atoms with Gasteiger partial charge in [0.25, 0.3) is 0 Å². The molecular weight excluding hydrogens is 336 g/mol. The molecule has 5 nitrogen and oxygen atoms in total. The Labute approximate surface area is 143 Å². The lowest BCUT2D eigenvalue weighted by atomic mass is 10.2. The highest BCUT2D eigenvalue weighted by atomic mass is 35.5. The molecule has 0 unspecified atom stereocenters. The van der Waals surface area contributed by atoms with E-state index in [-0.39, 0.29) is 11.7 Å². The third-order valence-electron chi connectivity index (χ3n) is 3.93. The first-order chi connectivity index (χ1) is 10.9. The zero-order valence-electron chi connectivity index (χ0n) is 13.4. The number of hydrogen-bond acceptors (Lipinski definition) is 3. The maximum Gasteiger partial charge on any atom is 0.222 e. The van der Waals surface area contributed by atoms with Crippen LogP contribution in [0.5, 0.6) is 0 Å². The molecule has 0 N–H and O–H groups in total. The van der Waals surface area contributed by atoms with Gasteiger partial charge in [0.2, 0.25) is 15.9 Å². The average Bonchev–Trinajstić information content (AvgIpc) is 2.76. The highest BCUT2D eigenvalue weighted by molar-refractivity contribution is 7.88. The molecule has 7 heteroatoms. The van der Waals surface area contributed by atoms with Crippen molar-refractivity contribution in [3.8, 4) is 0 Å². The van der Waals surface area contributed by atoms with Crippen molar-refractivity contribution in [2.45, 2.75) is 31.9 Å². The van der Waals surface area contributed by atoms with Crippen LogP contribution in [0, 0.1) is 0 Å². The summed E-state index contributed by atoms with van der Waals surface area (Å²) >= 11 is 5.83. The second kappa shape index (κ2) is 8.13. The summed E-state index contributed by atoms with van der Waals surface area (Å²) in [7, 11) is -3.38. The lowest BCUT2D eigenvalue weighted by Gasteiger charge is -2.22. The van der Waals surface area contributed by atoms with Crippen LogP contribution < -0.4 is 0 Å². The predicted molar refractivity (Wildman–Crippen MR) is 91.8 cm³/mol. The molecule has 2 rings (SSSR count). The number of halogens is 1. The highest BCUT2D eigenvalue weighted by Gasteiger charge is 2.26. The zero-order chi connectivity index (χ0) is 16.9. The van der Waals surface area contributed by atoms with Gasteiger partial charge >= 0.3 is 0 Å². The molecular formula is C16H23ClN2O3S. The van der Waals surface area contributed by atoms with Gasteiger partial charge in [-0.15, -0.1) is 0 Å². The maximum atomic E-state index is 12.6. The van der Waals surface area contributed by atoms with Gasteiger partial charge < -0.3 is 4.90 Å². The second-order valence-electron chi connectivity index (χ2n) is 5.77. The number of sulfonamides is 1. The number of benzene rings is 1. The third kappa shape index (κ3) is 5.19. The lowest BCUT2D eigenvalue weighted by Crippen LogP contribution is -2.37. The number of hydrogen-bond donors (Lipinski definition) is 0. The van der Waals surface area contributed by atoms with Crippen LogP contribution >= 0.6 is 11.6 Å². The average molecular weight is 359 g/mol. The van der Waals surface area contributed by atoms with Gasteiger partial charge in [-0.05, 0) is 30.5 Å². The van der Waals surface area contributed by atoms with Crippen molar-refractivity contribution in [1.29, 1.82) is 0 Å². The van der Waals surface area contributed by atoms with Crippen LogP contribution in [0.25, 0.3) is 0 Å². The maximum absolute atomic E-state index is 12.6. The molecule has 1 saturated heterocycles. The number of carbonyl (C=O) groups excluding carboxylic acids is 1. The van der Waals surface area contributed by atoms with Gasteiger partial charge in [0.05, 0.1) is 5.75 Å². The summed E-state index contributed by atoms with van der Waals surface area (Å²) in [6.07, 6.45) is 2.01. The largest absolute Gasteiger partial charge is 0.341 e. The molecule has 0 bridgehead atoms. The molecule has 0 aliphatic carbocycles. The Bertz CT molecular complexity index is 631. The molecule has 1 amide bonds. The van der Waals surface area contributed by atoms with Crippen LogP contribution in [0.3, 0.4) is 0 Å². The highest BCUT2D eigenvalue weighted by Crippen LogP contribution is 2.16. The lowest BCUT2D eigenvalue weighted by molar-refractivity contribution is -0.131.